The number of benzene rings is 2. The third-order valence-corrected chi connectivity index (χ3v) is 4.46. The molecule has 5 nitrogen and oxygen atoms in total. The fourth-order valence-electron chi connectivity index (χ4n) is 3.34. The highest BCUT2D eigenvalue weighted by Gasteiger charge is 2.37. The Bertz CT molecular complexity index is 901. The molecule has 4 rings (SSSR count). The maximum Gasteiger partial charge on any atom is 0.234 e. The number of rotatable bonds is 3. The van der Waals surface area contributed by atoms with Crippen molar-refractivity contribution in [2.45, 2.75) is 31.8 Å². The van der Waals surface area contributed by atoms with Gasteiger partial charge in [0.25, 0.3) is 0 Å². The zero-order chi connectivity index (χ0) is 17.4. The van der Waals surface area contributed by atoms with E-state index in [2.05, 4.69) is 30.1 Å². The molecule has 0 saturated carbocycles. The molecule has 2 heterocycles. The Balaban J connectivity index is 1.75. The van der Waals surface area contributed by atoms with Gasteiger partial charge in [0.15, 0.2) is 0 Å². The van der Waals surface area contributed by atoms with Gasteiger partial charge in [0, 0.05) is 12.0 Å². The monoisotopic (exact) mass is 336 g/mol. The summed E-state index contributed by atoms with van der Waals surface area (Å²) in [6.07, 6.45) is 0.775. The predicted octanol–water partition coefficient (Wildman–Crippen LogP) is 4.44. The molecule has 128 valence electrons. The summed E-state index contributed by atoms with van der Waals surface area (Å²) in [6.45, 7) is 4.15. The molecule has 0 amide bonds. The number of nitrogens with zero attached hydrogens (tertiary/aromatic N) is 2. The second-order valence-corrected chi connectivity index (χ2v) is 6.81. The van der Waals surface area contributed by atoms with Crippen LogP contribution < -0.4 is 9.47 Å². The van der Waals surface area contributed by atoms with Crippen LogP contribution in [-0.2, 0) is 0 Å². The van der Waals surface area contributed by atoms with E-state index in [1.165, 1.54) is 0 Å². The smallest absolute Gasteiger partial charge is 0.234 e. The molecule has 5 heteroatoms. The van der Waals surface area contributed by atoms with Gasteiger partial charge in [-0.05, 0) is 32.0 Å². The summed E-state index contributed by atoms with van der Waals surface area (Å²) in [5, 5.41) is 4.18. The molecule has 0 radical (unpaired) electrons. The second kappa shape index (κ2) is 5.92. The minimum Gasteiger partial charge on any atom is -0.496 e. The summed E-state index contributed by atoms with van der Waals surface area (Å²) in [5.41, 5.74) is 1.61. The summed E-state index contributed by atoms with van der Waals surface area (Å²) in [7, 11) is 1.64. The zero-order valence-corrected chi connectivity index (χ0v) is 14.5. The Kier molecular flexibility index (Phi) is 3.71. The molecule has 1 aromatic heterocycles. The van der Waals surface area contributed by atoms with Crippen molar-refractivity contribution in [2.75, 3.05) is 7.11 Å². The summed E-state index contributed by atoms with van der Waals surface area (Å²) < 4.78 is 17.1. The number of hydrogen-bond donors (Lipinski definition) is 0. The summed E-state index contributed by atoms with van der Waals surface area (Å²) in [4.78, 5) is 4.66. The molecule has 1 atom stereocenters. The molecule has 25 heavy (non-hydrogen) atoms. The maximum absolute atomic E-state index is 6.09. The zero-order valence-electron chi connectivity index (χ0n) is 14.5. The lowest BCUT2D eigenvalue weighted by molar-refractivity contribution is 0.0725. The molecule has 1 aliphatic rings. The van der Waals surface area contributed by atoms with Crippen LogP contribution in [0.1, 0.15) is 37.6 Å². The number of ether oxygens (including phenoxy) is 2. The van der Waals surface area contributed by atoms with Crippen molar-refractivity contribution in [3.8, 4) is 22.9 Å². The molecule has 0 fully saturated rings. The van der Waals surface area contributed by atoms with Crippen molar-refractivity contribution in [1.82, 2.24) is 10.1 Å². The molecule has 3 aromatic rings. The van der Waals surface area contributed by atoms with Crippen LogP contribution in [0.2, 0.25) is 0 Å². The Labute approximate surface area is 146 Å². The highest BCUT2D eigenvalue weighted by atomic mass is 16.5. The molecule has 0 N–H and O–H groups in total. The normalized spacial score (nSPS) is 18.3. The van der Waals surface area contributed by atoms with Gasteiger partial charge in [0.2, 0.25) is 11.7 Å². The van der Waals surface area contributed by atoms with E-state index in [4.69, 9.17) is 14.0 Å². The van der Waals surface area contributed by atoms with E-state index < -0.39 is 0 Å². The first kappa shape index (κ1) is 15.7. The van der Waals surface area contributed by atoms with Crippen molar-refractivity contribution in [3.05, 3.63) is 60.0 Å². The number of methoxy groups -OCH3 is 1. The van der Waals surface area contributed by atoms with Crippen molar-refractivity contribution in [2.24, 2.45) is 0 Å². The van der Waals surface area contributed by atoms with Crippen molar-refractivity contribution >= 4 is 0 Å². The third-order valence-electron chi connectivity index (χ3n) is 4.46. The van der Waals surface area contributed by atoms with Gasteiger partial charge in [0.1, 0.15) is 17.1 Å². The fourth-order valence-corrected chi connectivity index (χ4v) is 3.34. The van der Waals surface area contributed by atoms with E-state index in [9.17, 15) is 0 Å². The summed E-state index contributed by atoms with van der Waals surface area (Å²) in [5.74, 6) is 2.75. The minimum atomic E-state index is -0.294. The highest BCUT2D eigenvalue weighted by molar-refractivity contribution is 5.63. The van der Waals surface area contributed by atoms with Gasteiger partial charge < -0.3 is 14.0 Å². The van der Waals surface area contributed by atoms with Crippen LogP contribution in [0.15, 0.2) is 53.1 Å². The molecule has 1 unspecified atom stereocenters. The standard InChI is InChI=1S/C20H20N2O3/c1-20(2)12-15(13-8-4-7-11-17(13)24-20)19-21-18(22-25-19)14-9-5-6-10-16(14)23-3/h4-11,15H,12H2,1-3H3. The first-order valence-electron chi connectivity index (χ1n) is 8.32. The van der Waals surface area contributed by atoms with Crippen LogP contribution in [0.5, 0.6) is 11.5 Å². The van der Waals surface area contributed by atoms with E-state index in [-0.39, 0.29) is 11.5 Å². The van der Waals surface area contributed by atoms with Crippen LogP contribution >= 0.6 is 0 Å². The van der Waals surface area contributed by atoms with Gasteiger partial charge in [0.05, 0.1) is 18.6 Å². The number of hydrogen-bond acceptors (Lipinski definition) is 5. The third kappa shape index (κ3) is 2.86. The quantitative estimate of drug-likeness (QED) is 0.708. The van der Waals surface area contributed by atoms with Gasteiger partial charge in [-0.2, -0.15) is 4.98 Å². The molecule has 0 aliphatic carbocycles. The Hall–Kier alpha value is -2.82. The van der Waals surface area contributed by atoms with Crippen molar-refractivity contribution in [1.29, 1.82) is 0 Å². The lowest BCUT2D eigenvalue weighted by Gasteiger charge is -2.36. The first-order chi connectivity index (χ1) is 12.1. The Morgan fingerprint density at radius 3 is 2.68 bits per heavy atom. The van der Waals surface area contributed by atoms with E-state index in [1.807, 2.05) is 42.5 Å². The van der Waals surface area contributed by atoms with E-state index in [0.29, 0.717) is 11.7 Å². The summed E-state index contributed by atoms with van der Waals surface area (Å²) in [6, 6.07) is 15.7. The van der Waals surface area contributed by atoms with Crippen molar-refractivity contribution in [3.63, 3.8) is 0 Å². The van der Waals surface area contributed by atoms with Gasteiger partial charge in [-0.15, -0.1) is 0 Å². The average molecular weight is 336 g/mol. The Morgan fingerprint density at radius 1 is 1.08 bits per heavy atom. The topological polar surface area (TPSA) is 57.4 Å². The number of aromatic nitrogens is 2. The lowest BCUT2D eigenvalue weighted by Crippen LogP contribution is -2.35. The molecule has 1 aliphatic heterocycles. The molecule has 2 aromatic carbocycles. The number of fused-ring (bicyclic) bond motifs is 1. The van der Waals surface area contributed by atoms with Crippen LogP contribution in [0.4, 0.5) is 0 Å². The number of para-hydroxylation sites is 2. The minimum absolute atomic E-state index is 0.0101. The van der Waals surface area contributed by atoms with Crippen LogP contribution in [0.3, 0.4) is 0 Å². The van der Waals surface area contributed by atoms with E-state index >= 15 is 0 Å². The van der Waals surface area contributed by atoms with Crippen molar-refractivity contribution < 1.29 is 14.0 Å². The molecule has 0 bridgehead atoms. The molecular weight excluding hydrogens is 316 g/mol. The highest BCUT2D eigenvalue weighted by Crippen LogP contribution is 2.44. The van der Waals surface area contributed by atoms with Crippen LogP contribution in [0, 0.1) is 0 Å². The van der Waals surface area contributed by atoms with E-state index in [0.717, 1.165) is 29.0 Å². The maximum atomic E-state index is 6.09. The second-order valence-electron chi connectivity index (χ2n) is 6.81. The fraction of sp³-hybridized carbons (Fsp3) is 0.300. The predicted molar refractivity (Wildman–Crippen MR) is 93.9 cm³/mol. The largest absolute Gasteiger partial charge is 0.496 e. The van der Waals surface area contributed by atoms with Gasteiger partial charge >= 0.3 is 0 Å². The summed E-state index contributed by atoms with van der Waals surface area (Å²) >= 11 is 0. The van der Waals surface area contributed by atoms with E-state index in [1.54, 1.807) is 7.11 Å². The molecule has 0 saturated heterocycles. The first-order valence-corrected chi connectivity index (χ1v) is 8.32. The van der Waals surface area contributed by atoms with Gasteiger partial charge in [-0.1, -0.05) is 35.5 Å². The molecule has 0 spiro atoms. The van der Waals surface area contributed by atoms with Crippen LogP contribution in [0.25, 0.3) is 11.4 Å². The van der Waals surface area contributed by atoms with Gasteiger partial charge in [-0.25, -0.2) is 0 Å². The van der Waals surface area contributed by atoms with Crippen LogP contribution in [-0.4, -0.2) is 22.9 Å². The lowest BCUT2D eigenvalue weighted by atomic mass is 9.84. The van der Waals surface area contributed by atoms with Gasteiger partial charge in [-0.3, -0.25) is 0 Å². The average Bonchev–Trinajstić information content (AvgIpc) is 3.10. The molecular formula is C20H20N2O3. The SMILES string of the molecule is COc1ccccc1-c1noc(C2CC(C)(C)Oc3ccccc32)n1. The Morgan fingerprint density at radius 2 is 1.84 bits per heavy atom.